The predicted octanol–water partition coefficient (Wildman–Crippen LogP) is 3.17. The third-order valence-corrected chi connectivity index (χ3v) is 7.57. The normalized spacial score (nSPS) is 17.1. The molecule has 8 nitrogen and oxygen atoms in total. The van der Waals surface area contributed by atoms with Crippen LogP contribution in [0, 0.1) is 17.9 Å². The van der Waals surface area contributed by atoms with E-state index in [0.29, 0.717) is 28.6 Å². The number of piperazine rings is 1. The summed E-state index contributed by atoms with van der Waals surface area (Å²) >= 11 is 1.21. The molecule has 1 unspecified atom stereocenters. The summed E-state index contributed by atoms with van der Waals surface area (Å²) in [5, 5.41) is 9.89. The summed E-state index contributed by atoms with van der Waals surface area (Å²) in [5.74, 6) is 0.321. The Balaban J connectivity index is 1.72. The number of primary amides is 1. The van der Waals surface area contributed by atoms with Crippen LogP contribution >= 0.6 is 11.8 Å². The van der Waals surface area contributed by atoms with E-state index in [2.05, 4.69) is 20.7 Å². The molecule has 9 heteroatoms. The molecule has 1 aliphatic heterocycles. The fourth-order valence-corrected chi connectivity index (χ4v) is 5.43. The lowest BCUT2D eigenvalue weighted by Crippen LogP contribution is -2.47. The Morgan fingerprint density at radius 1 is 1.26 bits per heavy atom. The summed E-state index contributed by atoms with van der Waals surface area (Å²) in [7, 11) is 0. The first-order valence-corrected chi connectivity index (χ1v) is 12.5. The Morgan fingerprint density at radius 3 is 2.53 bits per heavy atom. The van der Waals surface area contributed by atoms with E-state index in [-0.39, 0.29) is 5.92 Å². The van der Waals surface area contributed by atoms with Crippen LogP contribution in [0.3, 0.4) is 0 Å². The summed E-state index contributed by atoms with van der Waals surface area (Å²) in [6.07, 6.45) is 2.87. The number of carbonyl (C=O) groups is 1. The number of amides is 1. The van der Waals surface area contributed by atoms with Gasteiger partial charge in [0.1, 0.15) is 22.2 Å². The highest BCUT2D eigenvalue weighted by atomic mass is 32.2. The zero-order chi connectivity index (χ0) is 24.1. The Hall–Kier alpha value is -3.11. The average molecular weight is 476 g/mol. The van der Waals surface area contributed by atoms with Crippen molar-refractivity contribution in [1.82, 2.24) is 9.88 Å². The van der Waals surface area contributed by atoms with E-state index in [1.165, 1.54) is 11.8 Å². The number of carbonyl (C=O) groups excluding carboxylic acids is 1. The van der Waals surface area contributed by atoms with Crippen LogP contribution in [0.25, 0.3) is 4.85 Å². The molecule has 0 bridgehead atoms. The monoisotopic (exact) mass is 475 g/mol. The van der Waals surface area contributed by atoms with Gasteiger partial charge in [-0.2, -0.15) is 5.26 Å². The highest BCUT2D eigenvalue weighted by Gasteiger charge is 2.35. The number of pyridine rings is 1. The van der Waals surface area contributed by atoms with Crippen molar-refractivity contribution in [3.8, 4) is 6.07 Å². The number of nitrogens with zero attached hydrogens (tertiary/aromatic N) is 5. The first kappa shape index (κ1) is 24.0. The van der Waals surface area contributed by atoms with E-state index in [4.69, 9.17) is 23.0 Å². The molecule has 1 aromatic carbocycles. The third-order valence-electron chi connectivity index (χ3n) is 6.31. The molecular formula is C25H29N7OS. The molecule has 1 aliphatic carbocycles. The van der Waals surface area contributed by atoms with Crippen molar-refractivity contribution in [1.29, 1.82) is 5.26 Å². The molecule has 1 atom stereocenters. The maximum absolute atomic E-state index is 12.4. The summed E-state index contributed by atoms with van der Waals surface area (Å²) in [6.45, 7) is 12.8. The largest absolute Gasteiger partial charge is 0.368 e. The van der Waals surface area contributed by atoms with Gasteiger partial charge in [-0.05, 0) is 49.4 Å². The highest BCUT2D eigenvalue weighted by Crippen LogP contribution is 2.51. The number of benzene rings is 1. The predicted molar refractivity (Wildman–Crippen MR) is 134 cm³/mol. The minimum absolute atomic E-state index is 0.189. The van der Waals surface area contributed by atoms with Gasteiger partial charge in [-0.1, -0.05) is 42.1 Å². The Bertz CT molecular complexity index is 1110. The average Bonchev–Trinajstić information content (AvgIpc) is 3.71. The minimum Gasteiger partial charge on any atom is -0.368 e. The standard InChI is InChI=1S/C25H29N7OS/c1-29-21-20(17-8-9-17)19(16-27)25(34-22(23(28)33)18-6-3-2-4-7-18)30-24(21)32-14-12-31(13-15-32)11-5-10-26/h2-4,6-7,17,22H,5,8-15,26H2,(H2,28,33). The summed E-state index contributed by atoms with van der Waals surface area (Å²) < 4.78 is 0. The molecule has 2 fully saturated rings. The van der Waals surface area contributed by atoms with Gasteiger partial charge in [-0.3, -0.25) is 9.69 Å². The smallest absolute Gasteiger partial charge is 0.235 e. The van der Waals surface area contributed by atoms with Gasteiger partial charge >= 0.3 is 0 Å². The molecule has 0 spiro atoms. The van der Waals surface area contributed by atoms with Crippen molar-refractivity contribution in [3.63, 3.8) is 0 Å². The number of hydrogen-bond acceptors (Lipinski definition) is 7. The van der Waals surface area contributed by atoms with Crippen molar-refractivity contribution in [3.05, 3.63) is 58.4 Å². The van der Waals surface area contributed by atoms with E-state index < -0.39 is 11.2 Å². The maximum Gasteiger partial charge on any atom is 0.235 e. The number of nitrogens with two attached hydrogens (primary N) is 2. The van der Waals surface area contributed by atoms with Crippen molar-refractivity contribution >= 4 is 29.2 Å². The first-order chi connectivity index (χ1) is 16.6. The first-order valence-electron chi connectivity index (χ1n) is 11.6. The van der Waals surface area contributed by atoms with Gasteiger partial charge in [0.15, 0.2) is 0 Å². The molecule has 2 aliphatic rings. The van der Waals surface area contributed by atoms with Crippen LogP contribution in [0.4, 0.5) is 11.5 Å². The zero-order valence-corrected chi connectivity index (χ0v) is 19.9. The van der Waals surface area contributed by atoms with E-state index in [0.717, 1.165) is 63.1 Å². The second-order valence-electron chi connectivity index (χ2n) is 8.66. The third kappa shape index (κ3) is 5.18. The van der Waals surface area contributed by atoms with E-state index in [1.807, 2.05) is 30.3 Å². The minimum atomic E-state index is -0.674. The van der Waals surface area contributed by atoms with Crippen LogP contribution in [0.1, 0.15) is 47.1 Å². The van der Waals surface area contributed by atoms with E-state index in [1.54, 1.807) is 0 Å². The number of anilines is 1. The van der Waals surface area contributed by atoms with Crippen molar-refractivity contribution in [2.45, 2.75) is 35.5 Å². The quantitative estimate of drug-likeness (QED) is 0.423. The van der Waals surface area contributed by atoms with Crippen LogP contribution in [-0.4, -0.2) is 55.1 Å². The molecular weight excluding hydrogens is 446 g/mol. The SMILES string of the molecule is [C-]#[N+]c1c(N2CCN(CCCN)CC2)nc(SC(C(N)=O)c2ccccc2)c(C#N)c1C1CC1. The highest BCUT2D eigenvalue weighted by molar-refractivity contribution is 8.00. The lowest BCUT2D eigenvalue weighted by molar-refractivity contribution is -0.117. The Kier molecular flexibility index (Phi) is 7.69. The fraction of sp³-hybridized carbons (Fsp3) is 0.440. The van der Waals surface area contributed by atoms with Gasteiger partial charge < -0.3 is 16.4 Å². The number of hydrogen-bond donors (Lipinski definition) is 2. The van der Waals surface area contributed by atoms with Gasteiger partial charge in [-0.15, -0.1) is 0 Å². The second-order valence-corrected chi connectivity index (χ2v) is 9.75. The van der Waals surface area contributed by atoms with Crippen LogP contribution < -0.4 is 16.4 Å². The van der Waals surface area contributed by atoms with E-state index >= 15 is 0 Å². The second kappa shape index (κ2) is 10.9. The van der Waals surface area contributed by atoms with Gasteiger partial charge in [0.05, 0.1) is 12.1 Å². The molecule has 1 saturated heterocycles. The lowest BCUT2D eigenvalue weighted by atomic mass is 10.0. The molecule has 1 amide bonds. The van der Waals surface area contributed by atoms with Crippen molar-refractivity contribution in [2.75, 3.05) is 44.2 Å². The van der Waals surface area contributed by atoms with Gasteiger partial charge in [-0.25, -0.2) is 9.83 Å². The van der Waals surface area contributed by atoms with Gasteiger partial charge in [0, 0.05) is 26.2 Å². The topological polar surface area (TPSA) is 117 Å². The van der Waals surface area contributed by atoms with Crippen molar-refractivity contribution in [2.24, 2.45) is 11.5 Å². The molecule has 2 heterocycles. The zero-order valence-electron chi connectivity index (χ0n) is 19.1. The fourth-order valence-electron chi connectivity index (χ4n) is 4.38. The van der Waals surface area contributed by atoms with Crippen LogP contribution in [0.2, 0.25) is 0 Å². The lowest BCUT2D eigenvalue weighted by Gasteiger charge is -2.36. The molecule has 1 saturated carbocycles. The maximum atomic E-state index is 12.4. The molecule has 2 aromatic rings. The molecule has 4 N–H and O–H groups in total. The van der Waals surface area contributed by atoms with Gasteiger partial charge in [0.25, 0.3) is 0 Å². The van der Waals surface area contributed by atoms with Crippen LogP contribution in [0.5, 0.6) is 0 Å². The molecule has 176 valence electrons. The van der Waals surface area contributed by atoms with Crippen LogP contribution in [-0.2, 0) is 4.79 Å². The van der Waals surface area contributed by atoms with Crippen LogP contribution in [0.15, 0.2) is 35.4 Å². The molecule has 4 rings (SSSR count). The Morgan fingerprint density at radius 2 is 1.97 bits per heavy atom. The number of thioether (sulfide) groups is 1. The number of nitriles is 1. The summed E-state index contributed by atoms with van der Waals surface area (Å²) in [5.41, 5.74) is 13.9. The Labute approximate surface area is 204 Å². The number of rotatable bonds is 9. The number of aromatic nitrogens is 1. The molecule has 1 aromatic heterocycles. The van der Waals surface area contributed by atoms with Crippen molar-refractivity contribution < 1.29 is 4.79 Å². The summed E-state index contributed by atoms with van der Waals surface area (Å²) in [4.78, 5) is 25.6. The molecule has 0 radical (unpaired) electrons. The molecule has 34 heavy (non-hydrogen) atoms. The van der Waals surface area contributed by atoms with Gasteiger partial charge in [0.2, 0.25) is 11.6 Å². The van der Waals surface area contributed by atoms with E-state index in [9.17, 15) is 10.1 Å². The summed E-state index contributed by atoms with van der Waals surface area (Å²) in [6, 6.07) is 11.6.